The van der Waals surface area contributed by atoms with E-state index in [9.17, 15) is 5.26 Å². The van der Waals surface area contributed by atoms with E-state index in [1.165, 1.54) is 25.7 Å². The summed E-state index contributed by atoms with van der Waals surface area (Å²) in [4.78, 5) is 2.47. The molecule has 1 saturated heterocycles. The lowest BCUT2D eigenvalue weighted by Gasteiger charge is -2.32. The Bertz CT molecular complexity index is 513. The van der Waals surface area contributed by atoms with Gasteiger partial charge in [0.05, 0.1) is 11.3 Å². The van der Waals surface area contributed by atoms with Crippen molar-refractivity contribution < 1.29 is 0 Å². The molecule has 0 bridgehead atoms. The van der Waals surface area contributed by atoms with Crippen molar-refractivity contribution in [1.29, 1.82) is 5.26 Å². The highest BCUT2D eigenvalue weighted by Gasteiger charge is 2.32. The van der Waals surface area contributed by atoms with Gasteiger partial charge in [-0.15, -0.1) is 0 Å². The maximum absolute atomic E-state index is 9.44. The third-order valence-corrected chi connectivity index (χ3v) is 4.92. The Morgan fingerprint density at radius 2 is 2.20 bits per heavy atom. The second kappa shape index (κ2) is 6.15. The average Bonchev–Trinajstić information content (AvgIpc) is 3.30. The molecule has 1 aromatic rings. The zero-order chi connectivity index (χ0) is 13.9. The van der Waals surface area contributed by atoms with Crippen LogP contribution in [-0.2, 0) is 0 Å². The Hall–Kier alpha value is -1.05. The van der Waals surface area contributed by atoms with E-state index < -0.39 is 0 Å². The minimum absolute atomic E-state index is 0.637. The van der Waals surface area contributed by atoms with Crippen LogP contribution in [0.5, 0.6) is 0 Å². The summed E-state index contributed by atoms with van der Waals surface area (Å²) in [5.74, 6) is 0.704. The number of anilines is 1. The Morgan fingerprint density at radius 1 is 1.35 bits per heavy atom. The predicted octanol–water partition coefficient (Wildman–Crippen LogP) is 3.29. The van der Waals surface area contributed by atoms with Crippen LogP contribution in [0.15, 0.2) is 22.7 Å². The lowest BCUT2D eigenvalue weighted by atomic mass is 9.98. The summed E-state index contributed by atoms with van der Waals surface area (Å²) in [6.45, 7) is 3.34. The van der Waals surface area contributed by atoms with Crippen molar-refractivity contribution in [3.05, 3.63) is 28.2 Å². The van der Waals surface area contributed by atoms with E-state index in [1.807, 2.05) is 12.1 Å². The van der Waals surface area contributed by atoms with Crippen LogP contribution < -0.4 is 10.2 Å². The summed E-state index contributed by atoms with van der Waals surface area (Å²) in [5.41, 5.74) is 1.89. The average molecular weight is 334 g/mol. The molecular formula is C16H20BrN3. The summed E-state index contributed by atoms with van der Waals surface area (Å²) in [5, 5.41) is 12.9. The molecule has 2 fully saturated rings. The van der Waals surface area contributed by atoms with Gasteiger partial charge in [-0.05, 0) is 72.8 Å². The molecule has 3 nitrogen and oxygen atoms in total. The fourth-order valence-electron chi connectivity index (χ4n) is 3.05. The summed E-state index contributed by atoms with van der Waals surface area (Å²) < 4.78 is 0.907. The van der Waals surface area contributed by atoms with Crippen LogP contribution in [0.25, 0.3) is 0 Å². The number of benzene rings is 1. The number of hydrogen-bond donors (Lipinski definition) is 1. The van der Waals surface area contributed by atoms with Gasteiger partial charge in [-0.2, -0.15) is 5.26 Å². The van der Waals surface area contributed by atoms with Gasteiger partial charge in [-0.1, -0.05) is 6.07 Å². The Balaban J connectivity index is 1.83. The second-order valence-corrected chi connectivity index (χ2v) is 6.70. The van der Waals surface area contributed by atoms with Crippen molar-refractivity contribution >= 4 is 21.6 Å². The van der Waals surface area contributed by atoms with E-state index in [0.717, 1.165) is 35.4 Å². The van der Waals surface area contributed by atoms with Crippen molar-refractivity contribution in [2.75, 3.05) is 24.5 Å². The minimum atomic E-state index is 0.637. The fraction of sp³-hybridized carbons (Fsp3) is 0.562. The maximum atomic E-state index is 9.44. The molecule has 2 aliphatic rings. The van der Waals surface area contributed by atoms with Crippen LogP contribution in [0, 0.1) is 17.2 Å². The monoisotopic (exact) mass is 333 g/mol. The molecule has 3 rings (SSSR count). The number of hydrogen-bond acceptors (Lipinski definition) is 3. The zero-order valence-electron chi connectivity index (χ0n) is 11.6. The molecule has 4 heteroatoms. The predicted molar refractivity (Wildman–Crippen MR) is 84.8 cm³/mol. The molecule has 0 radical (unpaired) electrons. The van der Waals surface area contributed by atoms with Crippen LogP contribution in [0.2, 0.25) is 0 Å². The summed E-state index contributed by atoms with van der Waals surface area (Å²) in [7, 11) is 0. The van der Waals surface area contributed by atoms with Crippen LogP contribution in [-0.4, -0.2) is 25.7 Å². The highest BCUT2D eigenvalue weighted by molar-refractivity contribution is 9.10. The van der Waals surface area contributed by atoms with Gasteiger partial charge in [0.25, 0.3) is 0 Å². The lowest BCUT2D eigenvalue weighted by Crippen LogP contribution is -2.39. The van der Waals surface area contributed by atoms with Crippen molar-refractivity contribution in [2.24, 2.45) is 5.92 Å². The zero-order valence-corrected chi connectivity index (χ0v) is 13.2. The molecular weight excluding hydrogens is 314 g/mol. The van der Waals surface area contributed by atoms with Gasteiger partial charge in [0, 0.05) is 17.1 Å². The standard InChI is InChI=1S/C16H20BrN3/c17-15-4-1-5-16(14(15)9-18)20(13-6-7-13)11-12-3-2-8-19-10-12/h1,4-5,12-13,19H,2-3,6-8,10-11H2. The first kappa shape index (κ1) is 13.9. The smallest absolute Gasteiger partial charge is 0.103 e. The van der Waals surface area contributed by atoms with Crippen LogP contribution in [0.4, 0.5) is 5.69 Å². The molecule has 1 unspecified atom stereocenters. The third-order valence-electron chi connectivity index (χ3n) is 4.25. The molecule has 1 aliphatic heterocycles. The number of halogens is 1. The normalized spacial score (nSPS) is 22.3. The van der Waals surface area contributed by atoms with Crippen LogP contribution >= 0.6 is 15.9 Å². The molecule has 1 heterocycles. The highest BCUT2D eigenvalue weighted by Crippen LogP contribution is 2.36. The molecule has 106 valence electrons. The van der Waals surface area contributed by atoms with Crippen LogP contribution in [0.1, 0.15) is 31.2 Å². The first-order chi connectivity index (χ1) is 9.79. The van der Waals surface area contributed by atoms with Crippen molar-refractivity contribution in [2.45, 2.75) is 31.7 Å². The van der Waals surface area contributed by atoms with Crippen LogP contribution in [0.3, 0.4) is 0 Å². The fourth-order valence-corrected chi connectivity index (χ4v) is 3.50. The molecule has 20 heavy (non-hydrogen) atoms. The Labute approximate surface area is 129 Å². The summed E-state index contributed by atoms with van der Waals surface area (Å²) >= 11 is 3.51. The Kier molecular flexibility index (Phi) is 4.28. The summed E-state index contributed by atoms with van der Waals surface area (Å²) in [6, 6.07) is 9.08. The summed E-state index contributed by atoms with van der Waals surface area (Å²) in [6.07, 6.45) is 5.09. The first-order valence-corrected chi connectivity index (χ1v) is 8.25. The van der Waals surface area contributed by atoms with Gasteiger partial charge in [0.1, 0.15) is 6.07 Å². The van der Waals surface area contributed by atoms with E-state index in [2.05, 4.69) is 38.3 Å². The van der Waals surface area contributed by atoms with Crippen molar-refractivity contribution in [3.63, 3.8) is 0 Å². The molecule has 1 aromatic carbocycles. The van der Waals surface area contributed by atoms with Gasteiger partial charge in [0.2, 0.25) is 0 Å². The van der Waals surface area contributed by atoms with E-state index >= 15 is 0 Å². The van der Waals surface area contributed by atoms with E-state index in [4.69, 9.17) is 0 Å². The molecule has 0 aromatic heterocycles. The third kappa shape index (κ3) is 2.99. The Morgan fingerprint density at radius 3 is 2.85 bits per heavy atom. The van der Waals surface area contributed by atoms with E-state index in [0.29, 0.717) is 12.0 Å². The van der Waals surface area contributed by atoms with E-state index in [1.54, 1.807) is 0 Å². The van der Waals surface area contributed by atoms with Gasteiger partial charge >= 0.3 is 0 Å². The highest BCUT2D eigenvalue weighted by atomic mass is 79.9. The molecule has 0 spiro atoms. The van der Waals surface area contributed by atoms with Gasteiger partial charge in [-0.3, -0.25) is 0 Å². The number of piperidine rings is 1. The van der Waals surface area contributed by atoms with Crippen molar-refractivity contribution in [3.8, 4) is 6.07 Å². The second-order valence-electron chi connectivity index (χ2n) is 5.84. The maximum Gasteiger partial charge on any atom is 0.103 e. The van der Waals surface area contributed by atoms with Gasteiger partial charge < -0.3 is 10.2 Å². The van der Waals surface area contributed by atoms with Gasteiger partial charge in [-0.25, -0.2) is 0 Å². The first-order valence-electron chi connectivity index (χ1n) is 7.45. The lowest BCUT2D eigenvalue weighted by molar-refractivity contribution is 0.376. The topological polar surface area (TPSA) is 39.1 Å². The SMILES string of the molecule is N#Cc1c(Br)cccc1N(CC1CCCNC1)C1CC1. The molecule has 1 aliphatic carbocycles. The minimum Gasteiger partial charge on any atom is -0.367 e. The number of rotatable bonds is 4. The number of nitriles is 1. The molecule has 0 amide bonds. The largest absolute Gasteiger partial charge is 0.367 e. The van der Waals surface area contributed by atoms with E-state index in [-0.39, 0.29) is 0 Å². The van der Waals surface area contributed by atoms with Crippen molar-refractivity contribution in [1.82, 2.24) is 5.32 Å². The molecule has 1 N–H and O–H groups in total. The number of nitrogens with one attached hydrogen (secondary N) is 1. The van der Waals surface area contributed by atoms with Gasteiger partial charge in [0.15, 0.2) is 0 Å². The molecule has 1 saturated carbocycles. The molecule has 1 atom stereocenters. The number of nitrogens with zero attached hydrogens (tertiary/aromatic N) is 2. The quantitative estimate of drug-likeness (QED) is 0.918.